The van der Waals surface area contributed by atoms with Crippen molar-refractivity contribution in [2.24, 2.45) is 0 Å². The summed E-state index contributed by atoms with van der Waals surface area (Å²) in [6.07, 6.45) is 0. The summed E-state index contributed by atoms with van der Waals surface area (Å²) in [5.41, 5.74) is 4.08. The predicted octanol–water partition coefficient (Wildman–Crippen LogP) is 5.12. The molecule has 9 nitrogen and oxygen atoms in total. The average Bonchev–Trinajstić information content (AvgIpc) is 3.02. The Morgan fingerprint density at radius 1 is 0.953 bits per heavy atom. The fourth-order valence-electron chi connectivity index (χ4n) is 5.20. The molecule has 2 aromatic carbocycles. The molecule has 2 aromatic rings. The van der Waals surface area contributed by atoms with Crippen LogP contribution in [0, 0.1) is 0 Å². The second-order valence-corrected chi connectivity index (χ2v) is 13.6. The lowest BCUT2D eigenvalue weighted by Crippen LogP contribution is -2.29. The molecule has 0 fully saturated rings. The zero-order chi connectivity index (χ0) is 31.0. The standard InChI is InChI=1S/C31H39N3O6S3/c1-6-33(7-2)22-11-14-25-28(19-22)38-29-20-23(34(8-3)9-4)12-15-26(29)31(25)27-16-13-24(21-30(27)42-40-39-35)43(36,37)32-17-18-41-10-5/h11-16,19-21,32H,6-10,17-18H2,1-5H3. The van der Waals surface area contributed by atoms with E-state index in [9.17, 15) is 13.7 Å². The van der Waals surface area contributed by atoms with Gasteiger partial charge in [0.15, 0.2) is 0 Å². The van der Waals surface area contributed by atoms with Crippen molar-refractivity contribution in [1.29, 1.82) is 0 Å². The van der Waals surface area contributed by atoms with E-state index >= 15 is 0 Å². The molecular weight excluding hydrogens is 607 g/mol. The van der Waals surface area contributed by atoms with Gasteiger partial charge in [0.25, 0.3) is 0 Å². The lowest BCUT2D eigenvalue weighted by molar-refractivity contribution is -0.777. The van der Waals surface area contributed by atoms with Crippen LogP contribution in [-0.4, -0.2) is 52.6 Å². The first kappa shape index (κ1) is 33.3. The van der Waals surface area contributed by atoms with Gasteiger partial charge in [-0.3, -0.25) is 5.04 Å². The van der Waals surface area contributed by atoms with Crippen LogP contribution in [0.5, 0.6) is 0 Å². The Morgan fingerprint density at radius 2 is 1.70 bits per heavy atom. The van der Waals surface area contributed by atoms with Gasteiger partial charge >= 0.3 is 0 Å². The molecule has 0 bridgehead atoms. The summed E-state index contributed by atoms with van der Waals surface area (Å²) in [5, 5.41) is 16.4. The summed E-state index contributed by atoms with van der Waals surface area (Å²) in [6.45, 7) is 14.2. The van der Waals surface area contributed by atoms with Crippen molar-refractivity contribution in [2.45, 2.75) is 44.4 Å². The minimum atomic E-state index is -3.79. The lowest BCUT2D eigenvalue weighted by atomic mass is 9.93. The number of anilines is 1. The summed E-state index contributed by atoms with van der Waals surface area (Å²) >= 11 is 2.33. The molecule has 0 aromatic heterocycles. The normalized spacial score (nSPS) is 11.9. The molecule has 0 radical (unpaired) electrons. The number of nitrogens with one attached hydrogen (secondary N) is 1. The van der Waals surface area contributed by atoms with Gasteiger partial charge < -0.3 is 14.6 Å². The van der Waals surface area contributed by atoms with E-state index < -0.39 is 10.0 Å². The fourth-order valence-corrected chi connectivity index (χ4v) is 7.53. The molecule has 0 spiro atoms. The second-order valence-electron chi connectivity index (χ2n) is 9.65. The number of fused-ring (bicyclic) bond motifs is 2. The van der Waals surface area contributed by atoms with Crippen LogP contribution in [0.2, 0.25) is 0 Å². The Balaban J connectivity index is 1.99. The molecule has 0 atom stereocenters. The molecule has 1 N–H and O–H groups in total. The van der Waals surface area contributed by atoms with Gasteiger partial charge in [-0.05, 0) is 69.3 Å². The summed E-state index contributed by atoms with van der Waals surface area (Å²) in [5.74, 6) is 2.26. The number of hydrogen-bond acceptors (Lipinski definition) is 9. The van der Waals surface area contributed by atoms with E-state index in [0.29, 0.717) is 46.1 Å². The Kier molecular flexibility index (Phi) is 12.0. The second kappa shape index (κ2) is 15.4. The number of hydrogen-bond donors (Lipinski definition) is 1. The van der Waals surface area contributed by atoms with E-state index in [1.807, 2.05) is 31.2 Å². The van der Waals surface area contributed by atoms with Crippen molar-refractivity contribution in [3.05, 3.63) is 60.0 Å². The number of sulfonamides is 1. The molecule has 4 rings (SSSR count). The third-order valence-electron chi connectivity index (χ3n) is 7.37. The maximum Gasteiger partial charge on any atom is 0.240 e. The third-order valence-corrected chi connectivity index (χ3v) is 10.4. The van der Waals surface area contributed by atoms with E-state index in [2.05, 4.69) is 59.1 Å². The van der Waals surface area contributed by atoms with Crippen molar-refractivity contribution < 1.29 is 27.5 Å². The molecule has 2 aliphatic rings. The molecule has 12 heteroatoms. The largest absolute Gasteiger partial charge is 0.691 e. The van der Waals surface area contributed by atoms with Crippen LogP contribution in [0.25, 0.3) is 33.4 Å². The summed E-state index contributed by atoms with van der Waals surface area (Å²) in [4.78, 5) is 2.73. The van der Waals surface area contributed by atoms with E-state index in [-0.39, 0.29) is 4.90 Å². The van der Waals surface area contributed by atoms with Crippen molar-refractivity contribution in [3.63, 3.8) is 0 Å². The van der Waals surface area contributed by atoms with E-state index in [1.165, 1.54) is 6.07 Å². The highest BCUT2D eigenvalue weighted by molar-refractivity contribution is 7.99. The van der Waals surface area contributed by atoms with Gasteiger partial charge in [-0.2, -0.15) is 16.1 Å². The monoisotopic (exact) mass is 645 g/mol. The Hall–Kier alpha value is -2.58. The first-order valence-corrected chi connectivity index (χ1v) is 17.9. The fraction of sp³-hybridized carbons (Fsp3) is 0.387. The zero-order valence-corrected chi connectivity index (χ0v) is 27.7. The number of benzene rings is 3. The first-order chi connectivity index (χ1) is 20.8. The van der Waals surface area contributed by atoms with Crippen molar-refractivity contribution >= 4 is 50.5 Å². The topological polar surface area (TPSA) is 107 Å². The van der Waals surface area contributed by atoms with Gasteiger partial charge in [0.2, 0.25) is 15.4 Å². The highest BCUT2D eigenvalue weighted by Crippen LogP contribution is 2.44. The minimum Gasteiger partial charge on any atom is -0.691 e. The van der Waals surface area contributed by atoms with Crippen LogP contribution in [0.4, 0.5) is 5.69 Å². The van der Waals surface area contributed by atoms with Crippen LogP contribution in [0.15, 0.2) is 68.8 Å². The number of rotatable bonds is 15. The Morgan fingerprint density at radius 3 is 2.37 bits per heavy atom. The summed E-state index contributed by atoms with van der Waals surface area (Å²) in [7, 11) is -3.79. The van der Waals surface area contributed by atoms with E-state index in [0.717, 1.165) is 59.5 Å². The van der Waals surface area contributed by atoms with Gasteiger partial charge in [-0.25, -0.2) is 17.7 Å². The van der Waals surface area contributed by atoms with Crippen LogP contribution < -0.4 is 24.8 Å². The molecule has 0 saturated carbocycles. The molecular formula is C31H39N3O6S3. The van der Waals surface area contributed by atoms with Crippen LogP contribution in [-0.2, 0) is 19.4 Å². The first-order valence-electron chi connectivity index (χ1n) is 14.5. The smallest absolute Gasteiger partial charge is 0.240 e. The van der Waals surface area contributed by atoms with Gasteiger partial charge in [-0.15, -0.1) is 0 Å². The van der Waals surface area contributed by atoms with Crippen LogP contribution in [0.1, 0.15) is 34.6 Å². The van der Waals surface area contributed by atoms with Gasteiger partial charge in [0.1, 0.15) is 24.4 Å². The summed E-state index contributed by atoms with van der Waals surface area (Å²) in [6, 6.07) is 17.1. The SMILES string of the molecule is CCSCCNS(=O)(=O)c1ccc(-c2c3ccc(=[N+](CC)CC)cc-3oc3cc(N(CC)CC)ccc23)c(SOO[O-])c1. The van der Waals surface area contributed by atoms with Crippen molar-refractivity contribution in [1.82, 2.24) is 9.30 Å². The highest BCUT2D eigenvalue weighted by atomic mass is 32.2. The Labute approximate surface area is 262 Å². The van der Waals surface area contributed by atoms with Gasteiger partial charge in [0.05, 0.1) is 23.0 Å². The van der Waals surface area contributed by atoms with E-state index in [4.69, 9.17) is 8.75 Å². The lowest BCUT2D eigenvalue weighted by Gasteiger charge is -2.23. The van der Waals surface area contributed by atoms with Gasteiger partial charge in [-0.1, -0.05) is 13.0 Å². The zero-order valence-electron chi connectivity index (χ0n) is 25.2. The van der Waals surface area contributed by atoms with Crippen LogP contribution in [0.3, 0.4) is 0 Å². The Bertz CT molecular complexity index is 1680. The molecule has 1 aliphatic heterocycles. The van der Waals surface area contributed by atoms with Crippen molar-refractivity contribution in [2.75, 3.05) is 49.1 Å². The quantitative estimate of drug-likeness (QED) is 0.0471. The number of thioether (sulfide) groups is 1. The maximum absolute atomic E-state index is 13.1. The summed E-state index contributed by atoms with van der Waals surface area (Å²) < 4.78 is 42.5. The molecule has 1 aliphatic carbocycles. The highest BCUT2D eigenvalue weighted by Gasteiger charge is 2.24. The van der Waals surface area contributed by atoms with Crippen molar-refractivity contribution in [3.8, 4) is 22.5 Å². The molecule has 43 heavy (non-hydrogen) atoms. The average molecular weight is 646 g/mol. The van der Waals surface area contributed by atoms with E-state index in [1.54, 1.807) is 23.9 Å². The molecule has 1 heterocycles. The molecule has 232 valence electrons. The third kappa shape index (κ3) is 7.56. The predicted molar refractivity (Wildman–Crippen MR) is 174 cm³/mol. The molecule has 0 saturated heterocycles. The minimum absolute atomic E-state index is 0.0663. The van der Waals surface area contributed by atoms with Gasteiger partial charge in [0, 0.05) is 64.6 Å². The molecule has 0 amide bonds. The molecule has 0 unspecified atom stereocenters. The maximum atomic E-state index is 13.1. The number of nitrogens with zero attached hydrogens (tertiary/aromatic N) is 2. The van der Waals surface area contributed by atoms with Crippen LogP contribution >= 0.6 is 23.8 Å².